The molecule has 20 heavy (non-hydrogen) atoms. The molecule has 1 rings (SSSR count). The molecule has 0 fully saturated rings. The van der Waals surface area contributed by atoms with Gasteiger partial charge in [0.15, 0.2) is 0 Å². The van der Waals surface area contributed by atoms with Gasteiger partial charge >= 0.3 is 0 Å². The van der Waals surface area contributed by atoms with Gasteiger partial charge in [0.25, 0.3) is 0 Å². The van der Waals surface area contributed by atoms with Gasteiger partial charge in [0.1, 0.15) is 0 Å². The second kappa shape index (κ2) is 7.75. The lowest BCUT2D eigenvalue weighted by molar-refractivity contribution is 0.116. The largest absolute Gasteiger partial charge is 0.380 e. The highest BCUT2D eigenvalue weighted by Gasteiger charge is 2.23. The second-order valence-corrected chi connectivity index (χ2v) is 7.68. The minimum Gasteiger partial charge on any atom is -0.380 e. The van der Waals surface area contributed by atoms with Gasteiger partial charge < -0.3 is 4.74 Å². The van der Waals surface area contributed by atoms with Crippen LogP contribution in [0.3, 0.4) is 0 Å². The molecule has 0 spiro atoms. The summed E-state index contributed by atoms with van der Waals surface area (Å²) in [5, 5.41) is 0.471. The van der Waals surface area contributed by atoms with Crippen LogP contribution < -0.4 is 4.72 Å². The van der Waals surface area contributed by atoms with E-state index < -0.39 is 10.0 Å². The Bertz CT molecular complexity index is 549. The van der Waals surface area contributed by atoms with E-state index in [1.54, 1.807) is 6.07 Å². The lowest BCUT2D eigenvalue weighted by atomic mass is 10.1. The Morgan fingerprint density at radius 2 is 2.05 bits per heavy atom. The smallest absolute Gasteiger partial charge is 0.240 e. The predicted molar refractivity (Wildman–Crippen MR) is 84.6 cm³/mol. The molecule has 0 bridgehead atoms. The number of sulfonamides is 1. The van der Waals surface area contributed by atoms with Crippen LogP contribution >= 0.6 is 27.5 Å². The number of nitrogens with one attached hydrogen (secondary N) is 1. The summed E-state index contributed by atoms with van der Waals surface area (Å²) in [6.07, 6.45) is 0. The van der Waals surface area contributed by atoms with Gasteiger partial charge in [-0.2, -0.15) is 0 Å². The van der Waals surface area contributed by atoms with E-state index in [0.29, 0.717) is 22.7 Å². The third-order valence-electron chi connectivity index (χ3n) is 2.81. The van der Waals surface area contributed by atoms with Gasteiger partial charge in [-0.1, -0.05) is 25.4 Å². The third-order valence-corrected chi connectivity index (χ3v) is 5.52. The molecule has 1 aromatic carbocycles. The minimum absolute atomic E-state index is 0.132. The molecule has 0 saturated carbocycles. The monoisotopic (exact) mass is 383 g/mol. The SMILES string of the molecule is CCOCC(NS(=O)(=O)c1ccc(Cl)c(Br)c1)C(C)C. The normalized spacial score (nSPS) is 13.7. The van der Waals surface area contributed by atoms with Crippen LogP contribution in [0.15, 0.2) is 27.6 Å². The number of halogens is 2. The highest BCUT2D eigenvalue weighted by molar-refractivity contribution is 9.10. The molecule has 1 unspecified atom stereocenters. The van der Waals surface area contributed by atoms with Gasteiger partial charge in [0.05, 0.1) is 16.5 Å². The predicted octanol–water partition coefficient (Wildman–Crippen LogP) is 3.44. The van der Waals surface area contributed by atoms with Crippen LogP contribution in [0.1, 0.15) is 20.8 Å². The molecule has 0 radical (unpaired) electrons. The van der Waals surface area contributed by atoms with E-state index in [1.165, 1.54) is 12.1 Å². The highest BCUT2D eigenvalue weighted by Crippen LogP contribution is 2.25. The van der Waals surface area contributed by atoms with E-state index in [1.807, 2.05) is 20.8 Å². The maximum Gasteiger partial charge on any atom is 0.240 e. The first-order valence-corrected chi connectivity index (χ1v) is 8.98. The first-order chi connectivity index (χ1) is 9.27. The first-order valence-electron chi connectivity index (χ1n) is 6.33. The van der Waals surface area contributed by atoms with E-state index in [2.05, 4.69) is 20.7 Å². The Balaban J connectivity index is 2.94. The quantitative estimate of drug-likeness (QED) is 0.783. The van der Waals surface area contributed by atoms with Crippen molar-refractivity contribution in [2.75, 3.05) is 13.2 Å². The lowest BCUT2D eigenvalue weighted by Gasteiger charge is -2.22. The minimum atomic E-state index is -3.59. The van der Waals surface area contributed by atoms with Crippen LogP contribution in [0.25, 0.3) is 0 Å². The van der Waals surface area contributed by atoms with Crippen LogP contribution in [-0.2, 0) is 14.8 Å². The van der Waals surface area contributed by atoms with E-state index in [-0.39, 0.29) is 16.9 Å². The fourth-order valence-corrected chi connectivity index (χ4v) is 3.56. The van der Waals surface area contributed by atoms with Crippen molar-refractivity contribution in [2.24, 2.45) is 5.92 Å². The van der Waals surface area contributed by atoms with E-state index in [9.17, 15) is 8.42 Å². The first kappa shape index (κ1) is 17.9. The fourth-order valence-electron chi connectivity index (χ4n) is 1.52. The molecule has 0 saturated heterocycles. The molecule has 4 nitrogen and oxygen atoms in total. The molecule has 7 heteroatoms. The Morgan fingerprint density at radius 3 is 2.55 bits per heavy atom. The summed E-state index contributed by atoms with van der Waals surface area (Å²) in [7, 11) is -3.59. The summed E-state index contributed by atoms with van der Waals surface area (Å²) < 4.78 is 33.2. The van der Waals surface area contributed by atoms with E-state index in [4.69, 9.17) is 16.3 Å². The summed E-state index contributed by atoms with van der Waals surface area (Å²) in [6.45, 7) is 6.68. The van der Waals surface area contributed by atoms with Crippen LogP contribution in [0.5, 0.6) is 0 Å². The molecule has 0 aliphatic rings. The van der Waals surface area contributed by atoms with Crippen molar-refractivity contribution in [2.45, 2.75) is 31.7 Å². The molecular weight excluding hydrogens is 366 g/mol. The number of ether oxygens (including phenoxy) is 1. The Labute approximate surface area is 134 Å². The molecule has 0 aliphatic heterocycles. The van der Waals surface area contributed by atoms with Crippen LogP contribution in [0.2, 0.25) is 5.02 Å². The number of hydrogen-bond acceptors (Lipinski definition) is 3. The fraction of sp³-hybridized carbons (Fsp3) is 0.538. The molecule has 0 heterocycles. The highest BCUT2D eigenvalue weighted by atomic mass is 79.9. The zero-order valence-corrected chi connectivity index (χ0v) is 14.8. The maximum absolute atomic E-state index is 12.3. The molecule has 114 valence electrons. The van der Waals surface area contributed by atoms with Gasteiger partial charge in [0, 0.05) is 17.1 Å². The van der Waals surface area contributed by atoms with E-state index >= 15 is 0 Å². The van der Waals surface area contributed by atoms with Crippen LogP contribution in [0, 0.1) is 5.92 Å². The molecule has 1 aromatic rings. The topological polar surface area (TPSA) is 55.4 Å². The summed E-state index contributed by atoms with van der Waals surface area (Å²) in [4.78, 5) is 0.177. The number of hydrogen-bond donors (Lipinski definition) is 1. The van der Waals surface area contributed by atoms with Crippen molar-refractivity contribution in [3.8, 4) is 0 Å². The van der Waals surface area contributed by atoms with Gasteiger partial charge in [-0.25, -0.2) is 13.1 Å². The van der Waals surface area contributed by atoms with Crippen LogP contribution in [0.4, 0.5) is 0 Å². The van der Waals surface area contributed by atoms with Gasteiger partial charge in [-0.3, -0.25) is 0 Å². The Hall–Kier alpha value is -0.140. The molecule has 0 aliphatic carbocycles. The average Bonchev–Trinajstić information content (AvgIpc) is 2.37. The maximum atomic E-state index is 12.3. The Morgan fingerprint density at radius 1 is 1.40 bits per heavy atom. The number of benzene rings is 1. The summed E-state index contributed by atoms with van der Waals surface area (Å²) in [5.74, 6) is 0.132. The summed E-state index contributed by atoms with van der Waals surface area (Å²) >= 11 is 9.10. The molecular formula is C13H19BrClNO3S. The van der Waals surface area contributed by atoms with Crippen molar-refractivity contribution in [1.29, 1.82) is 0 Å². The lowest BCUT2D eigenvalue weighted by Crippen LogP contribution is -2.41. The zero-order valence-electron chi connectivity index (χ0n) is 11.7. The van der Waals surface area contributed by atoms with Crippen molar-refractivity contribution in [3.63, 3.8) is 0 Å². The van der Waals surface area contributed by atoms with Crippen molar-refractivity contribution >= 4 is 37.6 Å². The summed E-state index contributed by atoms with van der Waals surface area (Å²) in [5.41, 5.74) is 0. The van der Waals surface area contributed by atoms with Crippen molar-refractivity contribution in [1.82, 2.24) is 4.72 Å². The standard InChI is InChI=1S/C13H19BrClNO3S/c1-4-19-8-13(9(2)3)16-20(17,18)10-5-6-12(15)11(14)7-10/h5-7,9,13,16H,4,8H2,1-3H3. The van der Waals surface area contributed by atoms with E-state index in [0.717, 1.165) is 0 Å². The molecule has 0 aromatic heterocycles. The second-order valence-electron chi connectivity index (χ2n) is 4.71. The van der Waals surface area contributed by atoms with Gasteiger partial charge in [-0.15, -0.1) is 0 Å². The zero-order chi connectivity index (χ0) is 15.3. The number of rotatable bonds is 7. The Kier molecular flexibility index (Phi) is 6.94. The van der Waals surface area contributed by atoms with Crippen molar-refractivity contribution in [3.05, 3.63) is 27.7 Å². The molecule has 1 atom stereocenters. The van der Waals surface area contributed by atoms with Crippen molar-refractivity contribution < 1.29 is 13.2 Å². The average molecular weight is 385 g/mol. The van der Waals surface area contributed by atoms with Gasteiger partial charge in [0.2, 0.25) is 10.0 Å². The molecule has 0 amide bonds. The summed E-state index contributed by atoms with van der Waals surface area (Å²) in [6, 6.07) is 4.25. The third kappa shape index (κ3) is 5.00. The van der Waals surface area contributed by atoms with Gasteiger partial charge in [-0.05, 0) is 47.0 Å². The molecule has 1 N–H and O–H groups in total. The van der Waals surface area contributed by atoms with Crippen LogP contribution in [-0.4, -0.2) is 27.7 Å².